The smallest absolute Gasteiger partial charge is 0.305 e. The van der Waals surface area contributed by atoms with Crippen molar-refractivity contribution in [2.75, 3.05) is 13.2 Å². The number of carbonyl (C=O) groups is 2. The van der Waals surface area contributed by atoms with Crippen LogP contribution in [0.5, 0.6) is 0 Å². The topological polar surface area (TPSA) is 95.9 Å². The second-order valence-electron chi connectivity index (χ2n) is 21.7. The summed E-state index contributed by atoms with van der Waals surface area (Å²) < 4.78 is 5.47. The molecule has 0 aromatic rings. The summed E-state index contributed by atoms with van der Waals surface area (Å²) in [5, 5.41) is 23.2. The standard InChI is InChI=1S/C65H123NO5/c1-3-5-7-9-11-13-15-17-18-19-25-28-31-34-37-41-45-49-53-57-63(68)62(61-67)66-64(69)58-54-50-46-42-38-35-32-29-26-23-21-20-22-24-27-30-33-36-40-44-48-52-56-60-71-65(70)59-55-51-47-43-39-16-14-12-10-8-6-4-2/h20,22-23,26,53,57,62-63,67-68H,3-19,21,24-25,27-52,54-56,58-61H2,1-2H3,(H,66,69)/b22-20-,26-23-,57-53+. The molecule has 3 N–H and O–H groups in total. The molecule has 0 aliphatic rings. The number of nitrogens with one attached hydrogen (secondary N) is 1. The number of aliphatic hydroxyl groups excluding tert-OH is 2. The Labute approximate surface area is 443 Å². The van der Waals surface area contributed by atoms with Crippen LogP contribution in [0.15, 0.2) is 36.5 Å². The third kappa shape index (κ3) is 57.2. The van der Waals surface area contributed by atoms with E-state index in [1.807, 2.05) is 6.08 Å². The van der Waals surface area contributed by atoms with E-state index in [1.54, 1.807) is 6.08 Å². The summed E-state index contributed by atoms with van der Waals surface area (Å²) in [5.41, 5.74) is 0. The second kappa shape index (κ2) is 60.6. The Morgan fingerprint density at radius 1 is 0.394 bits per heavy atom. The zero-order chi connectivity index (χ0) is 51.4. The molecular formula is C65H123NO5. The molecule has 0 aliphatic carbocycles. The van der Waals surface area contributed by atoms with Gasteiger partial charge in [0.05, 0.1) is 25.4 Å². The van der Waals surface area contributed by atoms with Gasteiger partial charge in [0.15, 0.2) is 0 Å². The van der Waals surface area contributed by atoms with Crippen molar-refractivity contribution in [2.24, 2.45) is 0 Å². The van der Waals surface area contributed by atoms with E-state index < -0.39 is 12.1 Å². The fourth-order valence-corrected chi connectivity index (χ4v) is 9.78. The van der Waals surface area contributed by atoms with Gasteiger partial charge in [0.25, 0.3) is 0 Å². The summed E-state index contributed by atoms with van der Waals surface area (Å²) in [5.74, 6) is -0.0688. The van der Waals surface area contributed by atoms with Crippen LogP contribution in [-0.2, 0) is 14.3 Å². The molecule has 0 aromatic heterocycles. The first-order valence-corrected chi connectivity index (χ1v) is 31.8. The van der Waals surface area contributed by atoms with Gasteiger partial charge in [-0.3, -0.25) is 9.59 Å². The van der Waals surface area contributed by atoms with Crippen LogP contribution in [0.4, 0.5) is 0 Å². The Morgan fingerprint density at radius 3 is 1.07 bits per heavy atom. The van der Waals surface area contributed by atoms with Gasteiger partial charge in [0.2, 0.25) is 5.91 Å². The molecule has 71 heavy (non-hydrogen) atoms. The molecule has 2 unspecified atom stereocenters. The van der Waals surface area contributed by atoms with Crippen molar-refractivity contribution in [3.63, 3.8) is 0 Å². The summed E-state index contributed by atoms with van der Waals surface area (Å²) in [6, 6.07) is -0.636. The molecule has 0 fully saturated rings. The zero-order valence-electron chi connectivity index (χ0n) is 47.7. The van der Waals surface area contributed by atoms with Crippen molar-refractivity contribution < 1.29 is 24.5 Å². The molecule has 0 saturated heterocycles. The molecule has 6 heteroatoms. The fourth-order valence-electron chi connectivity index (χ4n) is 9.78. The largest absolute Gasteiger partial charge is 0.466 e. The Bertz CT molecular complexity index is 1150. The maximum Gasteiger partial charge on any atom is 0.305 e. The first-order valence-electron chi connectivity index (χ1n) is 31.8. The first kappa shape index (κ1) is 69.1. The Hall–Kier alpha value is -1.92. The lowest BCUT2D eigenvalue weighted by Crippen LogP contribution is -2.45. The number of aliphatic hydroxyl groups is 2. The van der Waals surface area contributed by atoms with E-state index in [4.69, 9.17) is 4.74 Å². The number of carbonyl (C=O) groups excluding carboxylic acids is 2. The van der Waals surface area contributed by atoms with Crippen LogP contribution in [0.1, 0.15) is 341 Å². The van der Waals surface area contributed by atoms with Gasteiger partial charge >= 0.3 is 5.97 Å². The van der Waals surface area contributed by atoms with Crippen LogP contribution in [0.3, 0.4) is 0 Å². The maximum atomic E-state index is 12.5. The molecule has 0 rings (SSSR count). The molecule has 418 valence electrons. The maximum absolute atomic E-state index is 12.5. The third-order valence-corrected chi connectivity index (χ3v) is 14.7. The minimum Gasteiger partial charge on any atom is -0.466 e. The predicted octanol–water partition coefficient (Wildman–Crippen LogP) is 20.0. The summed E-state index contributed by atoms with van der Waals surface area (Å²) in [6.45, 7) is 4.91. The molecule has 0 aromatic carbocycles. The molecule has 6 nitrogen and oxygen atoms in total. The lowest BCUT2D eigenvalue weighted by Gasteiger charge is -2.20. The van der Waals surface area contributed by atoms with Gasteiger partial charge in [-0.25, -0.2) is 0 Å². The summed E-state index contributed by atoms with van der Waals surface area (Å²) in [6.07, 6.45) is 76.1. The Kier molecular flexibility index (Phi) is 59.0. The van der Waals surface area contributed by atoms with E-state index >= 15 is 0 Å². The van der Waals surface area contributed by atoms with Crippen LogP contribution in [-0.4, -0.2) is 47.4 Å². The van der Waals surface area contributed by atoms with Crippen molar-refractivity contribution in [3.8, 4) is 0 Å². The number of amides is 1. The minimum absolute atomic E-state index is 0.00731. The van der Waals surface area contributed by atoms with Gasteiger partial charge in [0, 0.05) is 12.8 Å². The van der Waals surface area contributed by atoms with Crippen molar-refractivity contribution in [2.45, 2.75) is 353 Å². The number of rotatable bonds is 59. The Balaban J connectivity index is 3.48. The second-order valence-corrected chi connectivity index (χ2v) is 21.7. The van der Waals surface area contributed by atoms with E-state index in [1.165, 1.54) is 257 Å². The van der Waals surface area contributed by atoms with Gasteiger partial charge in [-0.15, -0.1) is 0 Å². The van der Waals surface area contributed by atoms with Crippen LogP contribution in [0.25, 0.3) is 0 Å². The summed E-state index contributed by atoms with van der Waals surface area (Å²) in [7, 11) is 0. The molecule has 0 radical (unpaired) electrons. The van der Waals surface area contributed by atoms with E-state index in [9.17, 15) is 19.8 Å². The molecule has 0 heterocycles. The SMILES string of the molecule is CCCCCCCCCCCCCCCCCCC/C=C/C(O)C(CO)NC(=O)CCCCCCCCC/C=C\C/C=C\CCCCCCCCCCCOC(=O)CCCCCCCCCCCCCC. The van der Waals surface area contributed by atoms with E-state index in [-0.39, 0.29) is 18.5 Å². The lowest BCUT2D eigenvalue weighted by molar-refractivity contribution is -0.143. The highest BCUT2D eigenvalue weighted by molar-refractivity contribution is 5.76. The van der Waals surface area contributed by atoms with E-state index in [2.05, 4.69) is 43.5 Å². The van der Waals surface area contributed by atoms with Gasteiger partial charge < -0.3 is 20.3 Å². The van der Waals surface area contributed by atoms with Crippen molar-refractivity contribution >= 4 is 11.9 Å². The van der Waals surface area contributed by atoms with Gasteiger partial charge in [-0.2, -0.15) is 0 Å². The summed E-state index contributed by atoms with van der Waals surface area (Å²) >= 11 is 0. The molecule has 0 bridgehead atoms. The monoisotopic (exact) mass is 998 g/mol. The number of unbranched alkanes of at least 4 members (excludes halogenated alkanes) is 44. The number of ether oxygens (including phenoxy) is 1. The van der Waals surface area contributed by atoms with Crippen LogP contribution >= 0.6 is 0 Å². The first-order chi connectivity index (χ1) is 35.0. The van der Waals surface area contributed by atoms with Crippen LogP contribution in [0, 0.1) is 0 Å². The third-order valence-electron chi connectivity index (χ3n) is 14.7. The average Bonchev–Trinajstić information content (AvgIpc) is 3.37. The summed E-state index contributed by atoms with van der Waals surface area (Å²) in [4.78, 5) is 24.5. The van der Waals surface area contributed by atoms with Gasteiger partial charge in [-0.1, -0.05) is 301 Å². The number of esters is 1. The molecule has 0 aliphatic heterocycles. The van der Waals surface area contributed by atoms with Crippen LogP contribution in [0.2, 0.25) is 0 Å². The predicted molar refractivity (Wildman–Crippen MR) is 310 cm³/mol. The van der Waals surface area contributed by atoms with Crippen molar-refractivity contribution in [1.29, 1.82) is 0 Å². The van der Waals surface area contributed by atoms with Crippen molar-refractivity contribution in [3.05, 3.63) is 36.5 Å². The highest BCUT2D eigenvalue weighted by atomic mass is 16.5. The van der Waals surface area contributed by atoms with E-state index in [0.717, 1.165) is 57.8 Å². The molecular weight excluding hydrogens is 875 g/mol. The number of hydrogen-bond donors (Lipinski definition) is 3. The van der Waals surface area contributed by atoms with Crippen molar-refractivity contribution in [1.82, 2.24) is 5.32 Å². The quantitative estimate of drug-likeness (QED) is 0.0321. The highest BCUT2D eigenvalue weighted by Gasteiger charge is 2.18. The number of hydrogen-bond acceptors (Lipinski definition) is 5. The fraction of sp³-hybridized carbons (Fsp3) is 0.877. The highest BCUT2D eigenvalue weighted by Crippen LogP contribution is 2.17. The molecule has 0 saturated carbocycles. The molecule has 0 spiro atoms. The van der Waals surface area contributed by atoms with Gasteiger partial charge in [0.1, 0.15) is 0 Å². The molecule has 2 atom stereocenters. The average molecular weight is 999 g/mol. The van der Waals surface area contributed by atoms with E-state index in [0.29, 0.717) is 19.4 Å². The number of allylic oxidation sites excluding steroid dienone is 5. The zero-order valence-corrected chi connectivity index (χ0v) is 47.7. The molecule has 1 amide bonds. The Morgan fingerprint density at radius 2 is 0.704 bits per heavy atom. The minimum atomic E-state index is -0.852. The van der Waals surface area contributed by atoms with Gasteiger partial charge in [-0.05, 0) is 64.2 Å². The normalized spacial score (nSPS) is 12.8. The lowest BCUT2D eigenvalue weighted by atomic mass is 10.0. The van der Waals surface area contributed by atoms with Crippen LogP contribution < -0.4 is 5.32 Å².